The third-order valence-corrected chi connectivity index (χ3v) is 4.53. The van der Waals surface area contributed by atoms with Crippen LogP contribution in [0.4, 0.5) is 4.39 Å². The molecule has 0 aliphatic carbocycles. The monoisotopic (exact) mass is 293 g/mol. The highest BCUT2D eigenvalue weighted by molar-refractivity contribution is 5.20. The molecule has 2 unspecified atom stereocenters. The Hall–Kier alpha value is -0.970. The lowest BCUT2D eigenvalue weighted by atomic mass is 10.0. The number of rotatable bonds is 5. The Morgan fingerprint density at radius 2 is 2.10 bits per heavy atom. The van der Waals surface area contributed by atoms with Crippen LogP contribution in [0.1, 0.15) is 37.8 Å². The summed E-state index contributed by atoms with van der Waals surface area (Å²) in [6, 6.07) is 7.23. The Morgan fingerprint density at radius 3 is 2.81 bits per heavy atom. The van der Waals surface area contributed by atoms with Crippen LogP contribution in [-0.2, 0) is 0 Å². The van der Waals surface area contributed by atoms with E-state index in [4.69, 9.17) is 5.73 Å². The largest absolute Gasteiger partial charge is 0.324 e. The van der Waals surface area contributed by atoms with Crippen LogP contribution < -0.4 is 5.73 Å². The van der Waals surface area contributed by atoms with Crippen molar-refractivity contribution < 1.29 is 4.39 Å². The number of nitrogens with two attached hydrogens (primary N) is 1. The summed E-state index contributed by atoms with van der Waals surface area (Å²) in [5.41, 5.74) is 6.83. The molecular formula is C17H28FN3. The molecule has 2 rings (SSSR count). The van der Waals surface area contributed by atoms with Gasteiger partial charge in [0, 0.05) is 30.7 Å². The van der Waals surface area contributed by atoms with Crippen molar-refractivity contribution in [1.29, 1.82) is 0 Å². The van der Waals surface area contributed by atoms with Gasteiger partial charge < -0.3 is 10.6 Å². The topological polar surface area (TPSA) is 32.5 Å². The summed E-state index contributed by atoms with van der Waals surface area (Å²) in [6.07, 6.45) is 3.16. The molecule has 1 aliphatic rings. The summed E-state index contributed by atoms with van der Waals surface area (Å²) in [6.45, 7) is 6.58. The Bertz CT molecular complexity index is 438. The van der Waals surface area contributed by atoms with E-state index in [1.807, 2.05) is 6.07 Å². The second kappa shape index (κ2) is 7.87. The molecule has 1 aliphatic heterocycles. The van der Waals surface area contributed by atoms with Gasteiger partial charge in [-0.25, -0.2) is 4.39 Å². The van der Waals surface area contributed by atoms with Crippen molar-refractivity contribution in [3.05, 3.63) is 35.6 Å². The first-order chi connectivity index (χ1) is 10.1. The molecule has 0 radical (unpaired) electrons. The van der Waals surface area contributed by atoms with E-state index in [0.29, 0.717) is 11.6 Å². The second-order valence-electron chi connectivity index (χ2n) is 6.13. The van der Waals surface area contributed by atoms with Gasteiger partial charge in [0.05, 0.1) is 0 Å². The van der Waals surface area contributed by atoms with Crippen LogP contribution in [0.15, 0.2) is 24.3 Å². The maximum Gasteiger partial charge on any atom is 0.127 e. The third kappa shape index (κ3) is 4.50. The quantitative estimate of drug-likeness (QED) is 0.906. The van der Waals surface area contributed by atoms with Crippen LogP contribution in [0, 0.1) is 5.82 Å². The molecule has 118 valence electrons. The molecule has 2 atom stereocenters. The summed E-state index contributed by atoms with van der Waals surface area (Å²) in [5.74, 6) is -0.187. The first-order valence-electron chi connectivity index (χ1n) is 8.04. The summed E-state index contributed by atoms with van der Waals surface area (Å²) < 4.78 is 13.8. The van der Waals surface area contributed by atoms with E-state index in [9.17, 15) is 4.39 Å². The standard InChI is InChI=1S/C17H28FN3/c1-3-14-13-20(2)10-6-11-21(14)12-9-17(19)15-7-4-5-8-16(15)18/h4-5,7-8,14,17H,3,6,9-13,19H2,1-2H3. The van der Waals surface area contributed by atoms with Crippen molar-refractivity contribution in [2.75, 3.05) is 33.2 Å². The molecule has 1 heterocycles. The SMILES string of the molecule is CCC1CN(C)CCCN1CCC(N)c1ccccc1F. The molecule has 0 bridgehead atoms. The molecular weight excluding hydrogens is 265 g/mol. The predicted molar refractivity (Wildman–Crippen MR) is 85.7 cm³/mol. The third-order valence-electron chi connectivity index (χ3n) is 4.53. The lowest BCUT2D eigenvalue weighted by molar-refractivity contribution is 0.178. The zero-order valence-electron chi connectivity index (χ0n) is 13.3. The molecule has 4 heteroatoms. The van der Waals surface area contributed by atoms with Gasteiger partial charge in [0.25, 0.3) is 0 Å². The highest BCUT2D eigenvalue weighted by Crippen LogP contribution is 2.20. The molecule has 0 spiro atoms. The average molecular weight is 293 g/mol. The molecule has 1 fully saturated rings. The van der Waals surface area contributed by atoms with Crippen LogP contribution >= 0.6 is 0 Å². The zero-order chi connectivity index (χ0) is 15.2. The first-order valence-corrected chi connectivity index (χ1v) is 8.04. The molecule has 2 N–H and O–H groups in total. The molecule has 1 aromatic carbocycles. The predicted octanol–water partition coefficient (Wildman–Crippen LogP) is 2.63. The average Bonchev–Trinajstić information content (AvgIpc) is 2.66. The Morgan fingerprint density at radius 1 is 1.33 bits per heavy atom. The van der Waals surface area contributed by atoms with Gasteiger partial charge in [-0.05, 0) is 45.5 Å². The van der Waals surface area contributed by atoms with Crippen LogP contribution in [0.25, 0.3) is 0 Å². The minimum atomic E-state index is -0.218. The van der Waals surface area contributed by atoms with Crippen molar-refractivity contribution >= 4 is 0 Å². The van der Waals surface area contributed by atoms with E-state index in [0.717, 1.165) is 39.0 Å². The van der Waals surface area contributed by atoms with Crippen molar-refractivity contribution in [1.82, 2.24) is 9.80 Å². The zero-order valence-corrected chi connectivity index (χ0v) is 13.3. The van der Waals surface area contributed by atoms with Crippen molar-refractivity contribution in [2.24, 2.45) is 5.73 Å². The summed E-state index contributed by atoms with van der Waals surface area (Å²) >= 11 is 0. The minimum Gasteiger partial charge on any atom is -0.324 e. The molecule has 1 aromatic rings. The number of hydrogen-bond donors (Lipinski definition) is 1. The molecule has 3 nitrogen and oxygen atoms in total. The number of likely N-dealkylation sites (N-methyl/N-ethyl adjacent to an activating group) is 1. The number of nitrogens with zero attached hydrogens (tertiary/aromatic N) is 2. The number of halogens is 1. The van der Waals surface area contributed by atoms with Crippen LogP contribution in [0.5, 0.6) is 0 Å². The van der Waals surface area contributed by atoms with Gasteiger partial charge in [-0.15, -0.1) is 0 Å². The van der Waals surface area contributed by atoms with E-state index in [1.165, 1.54) is 12.5 Å². The fourth-order valence-corrected chi connectivity index (χ4v) is 3.21. The second-order valence-corrected chi connectivity index (χ2v) is 6.13. The molecule has 0 amide bonds. The normalized spacial score (nSPS) is 23.0. The maximum atomic E-state index is 13.8. The van der Waals surface area contributed by atoms with Gasteiger partial charge in [0.2, 0.25) is 0 Å². The van der Waals surface area contributed by atoms with E-state index >= 15 is 0 Å². The molecule has 0 aromatic heterocycles. The molecule has 0 saturated carbocycles. The summed E-state index contributed by atoms with van der Waals surface area (Å²) in [4.78, 5) is 4.94. The van der Waals surface area contributed by atoms with Gasteiger partial charge >= 0.3 is 0 Å². The van der Waals surface area contributed by atoms with Gasteiger partial charge in [0.15, 0.2) is 0 Å². The fourth-order valence-electron chi connectivity index (χ4n) is 3.21. The van der Waals surface area contributed by atoms with Crippen molar-refractivity contribution in [3.63, 3.8) is 0 Å². The lowest BCUT2D eigenvalue weighted by Crippen LogP contribution is -2.41. The van der Waals surface area contributed by atoms with Crippen LogP contribution in [0.3, 0.4) is 0 Å². The van der Waals surface area contributed by atoms with E-state index in [-0.39, 0.29) is 11.9 Å². The number of hydrogen-bond acceptors (Lipinski definition) is 3. The van der Waals surface area contributed by atoms with Gasteiger partial charge in [-0.2, -0.15) is 0 Å². The fraction of sp³-hybridized carbons (Fsp3) is 0.647. The first kappa shape index (κ1) is 16.4. The van der Waals surface area contributed by atoms with Gasteiger partial charge in [-0.3, -0.25) is 4.90 Å². The Balaban J connectivity index is 1.93. The molecule has 1 saturated heterocycles. The minimum absolute atomic E-state index is 0.187. The lowest BCUT2D eigenvalue weighted by Gasteiger charge is -2.31. The van der Waals surface area contributed by atoms with E-state index in [1.54, 1.807) is 12.1 Å². The van der Waals surface area contributed by atoms with Gasteiger partial charge in [-0.1, -0.05) is 25.1 Å². The van der Waals surface area contributed by atoms with Crippen LogP contribution in [-0.4, -0.2) is 49.1 Å². The summed E-state index contributed by atoms with van der Waals surface area (Å²) in [5, 5.41) is 0. The maximum absolute atomic E-state index is 13.8. The molecule has 21 heavy (non-hydrogen) atoms. The van der Waals surface area contributed by atoms with Crippen molar-refractivity contribution in [3.8, 4) is 0 Å². The smallest absolute Gasteiger partial charge is 0.127 e. The Kier molecular flexibility index (Phi) is 6.15. The van der Waals surface area contributed by atoms with E-state index in [2.05, 4.69) is 23.8 Å². The Labute approximate surface area is 127 Å². The highest BCUT2D eigenvalue weighted by Gasteiger charge is 2.22. The van der Waals surface area contributed by atoms with Crippen molar-refractivity contribution in [2.45, 2.75) is 38.3 Å². The number of benzene rings is 1. The summed E-state index contributed by atoms with van der Waals surface area (Å²) in [7, 11) is 2.19. The van der Waals surface area contributed by atoms with E-state index < -0.39 is 0 Å². The van der Waals surface area contributed by atoms with Gasteiger partial charge in [0.1, 0.15) is 5.82 Å². The highest BCUT2D eigenvalue weighted by atomic mass is 19.1. The van der Waals surface area contributed by atoms with Crippen LogP contribution in [0.2, 0.25) is 0 Å².